The summed E-state index contributed by atoms with van der Waals surface area (Å²) in [6.07, 6.45) is 3.75. The van der Waals surface area contributed by atoms with Crippen molar-refractivity contribution in [1.82, 2.24) is 4.90 Å². The second kappa shape index (κ2) is 5.71. The van der Waals surface area contributed by atoms with E-state index in [-0.39, 0.29) is 24.8 Å². The summed E-state index contributed by atoms with van der Waals surface area (Å²) in [5, 5.41) is 18.7. The second-order valence-electron chi connectivity index (χ2n) is 5.19. The van der Waals surface area contributed by atoms with E-state index in [1.807, 2.05) is 6.08 Å². The predicted octanol–water partition coefficient (Wildman–Crippen LogP) is -0.282. The number of nitrogens with two attached hydrogens (primary N) is 1. The van der Waals surface area contributed by atoms with Crippen LogP contribution in [0.4, 0.5) is 0 Å². The molecule has 2 aliphatic rings. The summed E-state index contributed by atoms with van der Waals surface area (Å²) < 4.78 is 0. The van der Waals surface area contributed by atoms with Gasteiger partial charge in [0.05, 0.1) is 12.0 Å². The molecule has 2 rings (SSSR count). The minimum Gasteiger partial charge on any atom is -0.480 e. The second-order valence-corrected chi connectivity index (χ2v) is 5.19. The van der Waals surface area contributed by atoms with E-state index in [2.05, 4.69) is 0 Å². The van der Waals surface area contributed by atoms with E-state index in [4.69, 9.17) is 10.8 Å². The fourth-order valence-electron chi connectivity index (χ4n) is 3.04. The number of carbonyl (C=O) groups excluding carboxylic acids is 1. The number of β-amino-alcohol motifs (C(OH)–C–C–N with tert-alkyl or cyclic N) is 1. The fraction of sp³-hybridized carbons (Fsp3) is 0.692. The van der Waals surface area contributed by atoms with Crippen molar-refractivity contribution in [3.63, 3.8) is 0 Å². The van der Waals surface area contributed by atoms with Crippen LogP contribution in [0.25, 0.3) is 0 Å². The van der Waals surface area contributed by atoms with E-state index in [9.17, 15) is 14.7 Å². The lowest BCUT2D eigenvalue weighted by Gasteiger charge is -2.25. The number of carboxylic acid groups (broad SMARTS) is 1. The van der Waals surface area contributed by atoms with Crippen LogP contribution in [0.2, 0.25) is 0 Å². The first-order chi connectivity index (χ1) is 9.04. The smallest absolute Gasteiger partial charge is 0.326 e. The fourth-order valence-corrected chi connectivity index (χ4v) is 3.04. The molecule has 6 heteroatoms. The van der Waals surface area contributed by atoms with E-state index < -0.39 is 18.1 Å². The normalized spacial score (nSPS) is 33.1. The SMILES string of the molecule is NCC=C1CCCC1C(=O)N1C[C@H](O)C[C@H]1C(=O)O. The van der Waals surface area contributed by atoms with Crippen LogP contribution in [0, 0.1) is 5.92 Å². The average molecular weight is 268 g/mol. The Balaban J connectivity index is 2.14. The monoisotopic (exact) mass is 268 g/mol. The number of aliphatic carboxylic acids is 1. The van der Waals surface area contributed by atoms with Gasteiger partial charge < -0.3 is 20.8 Å². The summed E-state index contributed by atoms with van der Waals surface area (Å²) in [4.78, 5) is 24.9. The van der Waals surface area contributed by atoms with E-state index in [1.54, 1.807) is 0 Å². The van der Waals surface area contributed by atoms with Crippen LogP contribution in [0.15, 0.2) is 11.6 Å². The van der Waals surface area contributed by atoms with Crippen molar-refractivity contribution in [2.45, 2.75) is 37.8 Å². The minimum atomic E-state index is -1.05. The standard InChI is InChI=1S/C13H20N2O4/c14-5-4-8-2-1-3-10(8)12(17)15-7-9(16)6-11(15)13(18)19/h4,9-11,16H,1-3,5-7,14H2,(H,18,19)/t9-,10?,11+/m1/s1. The van der Waals surface area contributed by atoms with Gasteiger partial charge in [-0.1, -0.05) is 11.6 Å². The summed E-state index contributed by atoms with van der Waals surface area (Å²) in [5.74, 6) is -1.48. The minimum absolute atomic E-state index is 0.113. The summed E-state index contributed by atoms with van der Waals surface area (Å²) in [5.41, 5.74) is 6.50. The van der Waals surface area contributed by atoms with Crippen LogP contribution in [-0.2, 0) is 9.59 Å². The summed E-state index contributed by atoms with van der Waals surface area (Å²) in [7, 11) is 0. The maximum atomic E-state index is 12.5. The number of carboxylic acids is 1. The van der Waals surface area contributed by atoms with Crippen molar-refractivity contribution in [3.8, 4) is 0 Å². The van der Waals surface area contributed by atoms with Gasteiger partial charge in [0.2, 0.25) is 5.91 Å². The van der Waals surface area contributed by atoms with Crippen LogP contribution < -0.4 is 5.73 Å². The highest BCUT2D eigenvalue weighted by atomic mass is 16.4. The summed E-state index contributed by atoms with van der Waals surface area (Å²) >= 11 is 0. The van der Waals surface area contributed by atoms with Crippen molar-refractivity contribution in [3.05, 3.63) is 11.6 Å². The highest BCUT2D eigenvalue weighted by Crippen LogP contribution is 2.34. The summed E-state index contributed by atoms with van der Waals surface area (Å²) in [6.45, 7) is 0.506. The van der Waals surface area contributed by atoms with Gasteiger partial charge in [-0.05, 0) is 19.3 Å². The summed E-state index contributed by atoms with van der Waals surface area (Å²) in [6, 6.07) is -0.901. The average Bonchev–Trinajstić information content (AvgIpc) is 2.95. The molecule has 19 heavy (non-hydrogen) atoms. The number of likely N-dealkylation sites (tertiary alicyclic amines) is 1. The topological polar surface area (TPSA) is 104 Å². The third-order valence-electron chi connectivity index (χ3n) is 3.93. The molecular weight excluding hydrogens is 248 g/mol. The van der Waals surface area contributed by atoms with Gasteiger partial charge in [-0.3, -0.25) is 4.79 Å². The van der Waals surface area contributed by atoms with Crippen molar-refractivity contribution in [2.75, 3.05) is 13.1 Å². The zero-order chi connectivity index (χ0) is 14.0. The zero-order valence-corrected chi connectivity index (χ0v) is 10.8. The Labute approximate surface area is 111 Å². The Morgan fingerprint density at radius 3 is 2.84 bits per heavy atom. The molecule has 1 heterocycles. The van der Waals surface area contributed by atoms with Crippen LogP contribution >= 0.6 is 0 Å². The quantitative estimate of drug-likeness (QED) is 0.611. The number of carbonyl (C=O) groups is 2. The van der Waals surface area contributed by atoms with Crippen LogP contribution in [0.5, 0.6) is 0 Å². The molecule has 2 fully saturated rings. The largest absolute Gasteiger partial charge is 0.480 e. The highest BCUT2D eigenvalue weighted by molar-refractivity contribution is 5.87. The Hall–Kier alpha value is -1.40. The first-order valence-corrected chi connectivity index (χ1v) is 6.65. The Bertz CT molecular complexity index is 407. The molecule has 0 spiro atoms. The third kappa shape index (κ3) is 2.79. The van der Waals surface area contributed by atoms with Crippen molar-refractivity contribution in [1.29, 1.82) is 0 Å². The Kier molecular flexibility index (Phi) is 4.21. The highest BCUT2D eigenvalue weighted by Gasteiger charge is 2.42. The van der Waals surface area contributed by atoms with E-state index in [0.29, 0.717) is 6.54 Å². The molecule has 4 N–H and O–H groups in total. The van der Waals surface area contributed by atoms with Crippen molar-refractivity contribution < 1.29 is 19.8 Å². The molecule has 3 atom stereocenters. The van der Waals surface area contributed by atoms with Crippen molar-refractivity contribution >= 4 is 11.9 Å². The molecule has 1 amide bonds. The van der Waals surface area contributed by atoms with Crippen LogP contribution in [0.3, 0.4) is 0 Å². The molecule has 1 aliphatic carbocycles. The molecule has 106 valence electrons. The first-order valence-electron chi connectivity index (χ1n) is 6.65. The van der Waals surface area contributed by atoms with Crippen molar-refractivity contribution in [2.24, 2.45) is 11.7 Å². The maximum absolute atomic E-state index is 12.5. The number of nitrogens with zero attached hydrogens (tertiary/aromatic N) is 1. The molecule has 1 unspecified atom stereocenters. The van der Waals surface area contributed by atoms with Gasteiger partial charge >= 0.3 is 5.97 Å². The third-order valence-corrected chi connectivity index (χ3v) is 3.93. The van der Waals surface area contributed by atoms with E-state index in [1.165, 1.54) is 4.90 Å². The number of amides is 1. The maximum Gasteiger partial charge on any atom is 0.326 e. The van der Waals surface area contributed by atoms with Crippen LogP contribution in [-0.4, -0.2) is 52.2 Å². The van der Waals surface area contributed by atoms with Gasteiger partial charge in [-0.2, -0.15) is 0 Å². The lowest BCUT2D eigenvalue weighted by Crippen LogP contribution is -2.43. The number of aliphatic hydroxyl groups is 1. The molecule has 6 nitrogen and oxygen atoms in total. The molecule has 0 radical (unpaired) electrons. The lowest BCUT2D eigenvalue weighted by atomic mass is 10.00. The molecular formula is C13H20N2O4. The zero-order valence-electron chi connectivity index (χ0n) is 10.8. The van der Waals surface area contributed by atoms with Gasteiger partial charge in [0.15, 0.2) is 0 Å². The van der Waals surface area contributed by atoms with E-state index in [0.717, 1.165) is 24.8 Å². The van der Waals surface area contributed by atoms with E-state index >= 15 is 0 Å². The first kappa shape index (κ1) is 14.0. The molecule has 0 aromatic heterocycles. The number of rotatable bonds is 3. The molecule has 1 aliphatic heterocycles. The number of aliphatic hydroxyl groups excluding tert-OH is 1. The number of hydrogen-bond acceptors (Lipinski definition) is 4. The lowest BCUT2D eigenvalue weighted by molar-refractivity contribution is -0.149. The van der Waals surface area contributed by atoms with Crippen LogP contribution in [0.1, 0.15) is 25.7 Å². The van der Waals surface area contributed by atoms with Gasteiger partial charge in [0, 0.05) is 19.5 Å². The Morgan fingerprint density at radius 1 is 1.47 bits per heavy atom. The number of hydrogen-bond donors (Lipinski definition) is 3. The predicted molar refractivity (Wildman–Crippen MR) is 68.2 cm³/mol. The molecule has 0 bridgehead atoms. The Morgan fingerprint density at radius 2 is 2.21 bits per heavy atom. The van der Waals surface area contributed by atoms with Gasteiger partial charge in [0.1, 0.15) is 6.04 Å². The van der Waals surface area contributed by atoms with Gasteiger partial charge in [-0.25, -0.2) is 4.79 Å². The molecule has 0 aromatic carbocycles. The van der Waals surface area contributed by atoms with Gasteiger partial charge in [-0.15, -0.1) is 0 Å². The van der Waals surface area contributed by atoms with Gasteiger partial charge in [0.25, 0.3) is 0 Å². The molecule has 1 saturated carbocycles. The molecule has 0 aromatic rings. The molecule has 1 saturated heterocycles.